The molecule has 2 unspecified atom stereocenters. The van der Waals surface area contributed by atoms with Gasteiger partial charge in [-0.05, 0) is 29.5 Å². The molecule has 1 aromatic carbocycles. The third kappa shape index (κ3) is 2.27. The van der Waals surface area contributed by atoms with Gasteiger partial charge in [-0.3, -0.25) is 14.9 Å². The average molecular weight is 285 g/mol. The maximum absolute atomic E-state index is 12.3. The fourth-order valence-electron chi connectivity index (χ4n) is 2.83. The summed E-state index contributed by atoms with van der Waals surface area (Å²) in [5, 5.41) is 4.46. The van der Waals surface area contributed by atoms with Crippen molar-refractivity contribution in [2.45, 2.75) is 25.2 Å². The third-order valence-electron chi connectivity index (χ3n) is 3.78. The molecular formula is C16H15NO2S. The summed E-state index contributed by atoms with van der Waals surface area (Å²) in [6.45, 7) is 2.00. The molecule has 1 N–H and O–H groups in total. The first-order valence-electron chi connectivity index (χ1n) is 6.59. The maximum Gasteiger partial charge on any atom is 0.234 e. The van der Waals surface area contributed by atoms with Gasteiger partial charge in [-0.2, -0.15) is 0 Å². The van der Waals surface area contributed by atoms with Crippen molar-refractivity contribution < 1.29 is 9.59 Å². The molecule has 0 bridgehead atoms. The Hall–Kier alpha value is -1.94. The van der Waals surface area contributed by atoms with Crippen LogP contribution in [0.15, 0.2) is 41.8 Å². The standard InChI is InChI=1S/C16H15NO2S/c1-10-5-2-3-6-11(10)15-12(13-7-4-8-20-13)9-14(18)17-16(15)19/h2-8,12,15H,9H2,1H3,(H,17,18,19). The third-order valence-corrected chi connectivity index (χ3v) is 4.79. The molecule has 0 saturated carbocycles. The van der Waals surface area contributed by atoms with Gasteiger partial charge in [0.1, 0.15) is 0 Å². The smallest absolute Gasteiger partial charge is 0.234 e. The normalized spacial score (nSPS) is 22.6. The highest BCUT2D eigenvalue weighted by Gasteiger charge is 2.38. The van der Waals surface area contributed by atoms with E-state index in [4.69, 9.17) is 0 Å². The van der Waals surface area contributed by atoms with Crippen LogP contribution in [0.3, 0.4) is 0 Å². The van der Waals surface area contributed by atoms with Gasteiger partial charge in [-0.15, -0.1) is 11.3 Å². The lowest BCUT2D eigenvalue weighted by atomic mass is 9.78. The Bertz CT molecular complexity index is 648. The van der Waals surface area contributed by atoms with Crippen molar-refractivity contribution >= 4 is 23.2 Å². The number of carbonyl (C=O) groups is 2. The molecule has 4 heteroatoms. The van der Waals surface area contributed by atoms with E-state index < -0.39 is 0 Å². The fraction of sp³-hybridized carbons (Fsp3) is 0.250. The van der Waals surface area contributed by atoms with Gasteiger partial charge in [-0.1, -0.05) is 30.3 Å². The van der Waals surface area contributed by atoms with E-state index in [9.17, 15) is 9.59 Å². The second-order valence-corrected chi connectivity index (χ2v) is 6.05. The number of benzene rings is 1. The molecule has 2 atom stereocenters. The molecule has 1 saturated heterocycles. The molecule has 0 radical (unpaired) electrons. The number of nitrogens with one attached hydrogen (secondary N) is 1. The van der Waals surface area contributed by atoms with Gasteiger partial charge in [0.15, 0.2) is 0 Å². The molecule has 2 amide bonds. The lowest BCUT2D eigenvalue weighted by molar-refractivity contribution is -0.135. The summed E-state index contributed by atoms with van der Waals surface area (Å²) in [6, 6.07) is 11.9. The number of thiophene rings is 1. The molecular weight excluding hydrogens is 270 g/mol. The number of hydrogen-bond acceptors (Lipinski definition) is 3. The second kappa shape index (κ2) is 5.21. The van der Waals surface area contributed by atoms with Crippen LogP contribution in [0, 0.1) is 6.92 Å². The van der Waals surface area contributed by atoms with E-state index in [0.29, 0.717) is 6.42 Å². The first-order chi connectivity index (χ1) is 9.66. The van der Waals surface area contributed by atoms with Gasteiger partial charge < -0.3 is 0 Å². The molecule has 102 valence electrons. The van der Waals surface area contributed by atoms with E-state index in [0.717, 1.165) is 16.0 Å². The van der Waals surface area contributed by atoms with Crippen LogP contribution in [0.5, 0.6) is 0 Å². The van der Waals surface area contributed by atoms with Gasteiger partial charge in [-0.25, -0.2) is 0 Å². The summed E-state index contributed by atoms with van der Waals surface area (Å²) in [4.78, 5) is 25.1. The Morgan fingerprint density at radius 1 is 1.15 bits per heavy atom. The monoisotopic (exact) mass is 285 g/mol. The van der Waals surface area contributed by atoms with E-state index >= 15 is 0 Å². The van der Waals surface area contributed by atoms with Crippen LogP contribution in [0.2, 0.25) is 0 Å². The van der Waals surface area contributed by atoms with Crippen molar-refractivity contribution in [3.63, 3.8) is 0 Å². The molecule has 1 fully saturated rings. The first kappa shape index (κ1) is 13.1. The Kier molecular flexibility index (Phi) is 3.40. The molecule has 3 nitrogen and oxygen atoms in total. The zero-order valence-corrected chi connectivity index (χ0v) is 11.9. The number of imide groups is 1. The number of hydrogen-bond donors (Lipinski definition) is 1. The van der Waals surface area contributed by atoms with Crippen LogP contribution in [0.25, 0.3) is 0 Å². The minimum atomic E-state index is -0.285. The fourth-order valence-corrected chi connectivity index (χ4v) is 3.69. The Morgan fingerprint density at radius 2 is 1.95 bits per heavy atom. The summed E-state index contributed by atoms with van der Waals surface area (Å²) >= 11 is 1.61. The van der Waals surface area contributed by atoms with Crippen LogP contribution < -0.4 is 5.32 Å². The van der Waals surface area contributed by atoms with Crippen LogP contribution in [-0.2, 0) is 9.59 Å². The van der Waals surface area contributed by atoms with Crippen LogP contribution >= 0.6 is 11.3 Å². The van der Waals surface area contributed by atoms with Gasteiger partial charge in [0, 0.05) is 17.2 Å². The number of piperidine rings is 1. The van der Waals surface area contributed by atoms with Crippen molar-refractivity contribution in [2.75, 3.05) is 0 Å². The van der Waals surface area contributed by atoms with Crippen molar-refractivity contribution in [1.29, 1.82) is 0 Å². The largest absolute Gasteiger partial charge is 0.296 e. The number of rotatable bonds is 2. The minimum absolute atomic E-state index is 0.0580. The summed E-state index contributed by atoms with van der Waals surface area (Å²) in [6.07, 6.45) is 0.366. The SMILES string of the molecule is Cc1ccccc1C1C(=O)NC(=O)CC1c1cccs1. The zero-order valence-electron chi connectivity index (χ0n) is 11.1. The molecule has 0 spiro atoms. The molecule has 1 aromatic heterocycles. The predicted molar refractivity (Wildman–Crippen MR) is 78.7 cm³/mol. The summed E-state index contributed by atoms with van der Waals surface area (Å²) in [7, 11) is 0. The summed E-state index contributed by atoms with van der Waals surface area (Å²) < 4.78 is 0. The molecule has 0 aliphatic carbocycles. The van der Waals surface area contributed by atoms with E-state index in [2.05, 4.69) is 5.32 Å². The Balaban J connectivity index is 2.07. The molecule has 3 rings (SSSR count). The number of amides is 2. The van der Waals surface area contributed by atoms with E-state index in [1.165, 1.54) is 0 Å². The summed E-state index contributed by atoms with van der Waals surface area (Å²) in [5.74, 6) is -0.711. The number of carbonyl (C=O) groups excluding carboxylic acids is 2. The number of aryl methyl sites for hydroxylation is 1. The first-order valence-corrected chi connectivity index (χ1v) is 7.47. The summed E-state index contributed by atoms with van der Waals surface area (Å²) in [5.41, 5.74) is 2.10. The topological polar surface area (TPSA) is 46.2 Å². The molecule has 1 aliphatic rings. The van der Waals surface area contributed by atoms with Gasteiger partial charge in [0.2, 0.25) is 11.8 Å². The minimum Gasteiger partial charge on any atom is -0.296 e. The van der Waals surface area contributed by atoms with Gasteiger partial charge >= 0.3 is 0 Å². The van der Waals surface area contributed by atoms with Crippen molar-refractivity contribution in [3.05, 3.63) is 57.8 Å². The highest BCUT2D eigenvalue weighted by molar-refractivity contribution is 7.10. The van der Waals surface area contributed by atoms with E-state index in [1.54, 1.807) is 11.3 Å². The molecule has 20 heavy (non-hydrogen) atoms. The lowest BCUT2D eigenvalue weighted by Crippen LogP contribution is -2.43. The van der Waals surface area contributed by atoms with E-state index in [1.807, 2.05) is 48.7 Å². The molecule has 2 aromatic rings. The highest BCUT2D eigenvalue weighted by Crippen LogP contribution is 2.41. The zero-order chi connectivity index (χ0) is 14.1. The van der Waals surface area contributed by atoms with Crippen LogP contribution in [0.1, 0.15) is 34.3 Å². The quantitative estimate of drug-likeness (QED) is 0.862. The Labute approximate surface area is 121 Å². The van der Waals surface area contributed by atoms with E-state index in [-0.39, 0.29) is 23.7 Å². The molecule has 1 aliphatic heterocycles. The predicted octanol–water partition coefficient (Wildman–Crippen LogP) is 2.97. The van der Waals surface area contributed by atoms with Crippen LogP contribution in [-0.4, -0.2) is 11.8 Å². The Morgan fingerprint density at radius 3 is 2.65 bits per heavy atom. The van der Waals surface area contributed by atoms with Crippen molar-refractivity contribution in [2.24, 2.45) is 0 Å². The lowest BCUT2D eigenvalue weighted by Gasteiger charge is -2.30. The van der Waals surface area contributed by atoms with Crippen molar-refractivity contribution in [1.82, 2.24) is 5.32 Å². The van der Waals surface area contributed by atoms with Gasteiger partial charge in [0.05, 0.1) is 5.92 Å². The highest BCUT2D eigenvalue weighted by atomic mass is 32.1. The molecule has 2 heterocycles. The average Bonchev–Trinajstić information content (AvgIpc) is 2.93. The van der Waals surface area contributed by atoms with Crippen molar-refractivity contribution in [3.8, 4) is 0 Å². The maximum atomic E-state index is 12.3. The van der Waals surface area contributed by atoms with Gasteiger partial charge in [0.25, 0.3) is 0 Å². The second-order valence-electron chi connectivity index (χ2n) is 5.07. The van der Waals surface area contributed by atoms with Crippen LogP contribution in [0.4, 0.5) is 0 Å².